The largest absolute Gasteiger partial charge is 0.397 e. The van der Waals surface area contributed by atoms with Crippen LogP contribution in [0.15, 0.2) is 12.1 Å². The molecule has 0 radical (unpaired) electrons. The molecule has 1 aliphatic rings. The second-order valence-corrected chi connectivity index (χ2v) is 5.95. The highest BCUT2D eigenvalue weighted by Crippen LogP contribution is 2.34. The maximum absolute atomic E-state index is 6.03. The molecule has 1 fully saturated rings. The summed E-state index contributed by atoms with van der Waals surface area (Å²) in [5, 5.41) is 4.57. The summed E-state index contributed by atoms with van der Waals surface area (Å²) in [6.07, 6.45) is 6.32. The second-order valence-electron chi connectivity index (χ2n) is 5.14. The van der Waals surface area contributed by atoms with Crippen LogP contribution < -0.4 is 11.1 Å². The van der Waals surface area contributed by atoms with E-state index < -0.39 is 0 Å². The van der Waals surface area contributed by atoms with E-state index in [1.165, 1.54) is 32.1 Å². The van der Waals surface area contributed by atoms with E-state index in [-0.39, 0.29) is 0 Å². The lowest BCUT2D eigenvalue weighted by Crippen LogP contribution is -2.27. The Morgan fingerprint density at radius 2 is 2.00 bits per heavy atom. The molecule has 2 unspecified atom stereocenters. The highest BCUT2D eigenvalue weighted by atomic mass is 35.5. The molecule has 2 atom stereocenters. The molecule has 0 aromatic heterocycles. The van der Waals surface area contributed by atoms with Gasteiger partial charge in [0.05, 0.1) is 21.4 Å². The first-order valence-electron chi connectivity index (χ1n) is 6.61. The first kappa shape index (κ1) is 13.8. The molecule has 1 saturated carbocycles. The number of halogens is 2. The van der Waals surface area contributed by atoms with Crippen LogP contribution in [0.3, 0.4) is 0 Å². The zero-order valence-corrected chi connectivity index (χ0v) is 12.2. The molecule has 100 valence electrons. The molecule has 0 amide bonds. The zero-order valence-electron chi connectivity index (χ0n) is 10.7. The monoisotopic (exact) mass is 286 g/mol. The highest BCUT2D eigenvalue weighted by Gasteiger charge is 2.21. The highest BCUT2D eigenvalue weighted by molar-refractivity contribution is 6.42. The summed E-state index contributed by atoms with van der Waals surface area (Å²) in [5.41, 5.74) is 7.55. The van der Waals surface area contributed by atoms with Crippen molar-refractivity contribution in [3.63, 3.8) is 0 Å². The summed E-state index contributed by atoms with van der Waals surface area (Å²) >= 11 is 12.0. The second kappa shape index (κ2) is 6.03. The van der Waals surface area contributed by atoms with Crippen molar-refractivity contribution in [1.29, 1.82) is 0 Å². The van der Waals surface area contributed by atoms with Crippen LogP contribution in [0.1, 0.15) is 39.0 Å². The quantitative estimate of drug-likeness (QED) is 0.771. The Labute approximate surface area is 119 Å². The Morgan fingerprint density at radius 3 is 2.72 bits per heavy atom. The van der Waals surface area contributed by atoms with E-state index in [0.29, 0.717) is 21.8 Å². The van der Waals surface area contributed by atoms with Crippen LogP contribution in [-0.4, -0.2) is 6.04 Å². The van der Waals surface area contributed by atoms with Gasteiger partial charge in [-0.05, 0) is 30.9 Å². The van der Waals surface area contributed by atoms with Crippen LogP contribution in [0.5, 0.6) is 0 Å². The number of rotatable bonds is 3. The van der Waals surface area contributed by atoms with Crippen molar-refractivity contribution < 1.29 is 0 Å². The maximum atomic E-state index is 6.03. The number of hydrogen-bond donors (Lipinski definition) is 2. The summed E-state index contributed by atoms with van der Waals surface area (Å²) < 4.78 is 0. The third kappa shape index (κ3) is 3.24. The first-order valence-corrected chi connectivity index (χ1v) is 7.36. The van der Waals surface area contributed by atoms with Gasteiger partial charge in [-0.1, -0.05) is 49.4 Å². The van der Waals surface area contributed by atoms with Gasteiger partial charge in [-0.2, -0.15) is 0 Å². The van der Waals surface area contributed by atoms with E-state index in [0.717, 1.165) is 11.6 Å². The van der Waals surface area contributed by atoms with Gasteiger partial charge >= 0.3 is 0 Å². The van der Waals surface area contributed by atoms with E-state index in [1.807, 2.05) is 6.07 Å². The predicted molar refractivity (Wildman–Crippen MR) is 80.5 cm³/mol. The minimum atomic E-state index is 0.503. The Balaban J connectivity index is 2.07. The van der Waals surface area contributed by atoms with Crippen molar-refractivity contribution in [1.82, 2.24) is 0 Å². The van der Waals surface area contributed by atoms with Gasteiger partial charge < -0.3 is 11.1 Å². The molecule has 0 aliphatic heterocycles. The van der Waals surface area contributed by atoms with E-state index >= 15 is 0 Å². The van der Waals surface area contributed by atoms with E-state index in [1.54, 1.807) is 6.07 Å². The maximum Gasteiger partial charge on any atom is 0.0614 e. The van der Waals surface area contributed by atoms with Crippen molar-refractivity contribution in [3.05, 3.63) is 22.2 Å². The standard InChI is InChI=1S/C14H20Cl2N2/c1-2-9-4-3-5-10(6-9)18-14-8-12(16)11(15)7-13(14)17/h7-10,18H,2-6,17H2,1H3. The fraction of sp³-hybridized carbons (Fsp3) is 0.571. The lowest BCUT2D eigenvalue weighted by atomic mass is 9.84. The van der Waals surface area contributed by atoms with Gasteiger partial charge in [-0.25, -0.2) is 0 Å². The molecule has 0 heterocycles. The van der Waals surface area contributed by atoms with Gasteiger partial charge in [0, 0.05) is 6.04 Å². The molecule has 0 spiro atoms. The Kier molecular flexibility index (Phi) is 4.63. The summed E-state index contributed by atoms with van der Waals surface area (Å²) in [7, 11) is 0. The van der Waals surface area contributed by atoms with Gasteiger partial charge in [0.25, 0.3) is 0 Å². The summed E-state index contributed by atoms with van der Waals surface area (Å²) in [6.45, 7) is 2.26. The third-order valence-electron chi connectivity index (χ3n) is 3.81. The van der Waals surface area contributed by atoms with Gasteiger partial charge in [-0.15, -0.1) is 0 Å². The van der Waals surface area contributed by atoms with Crippen LogP contribution in [0.25, 0.3) is 0 Å². The molecule has 2 nitrogen and oxygen atoms in total. The van der Waals surface area contributed by atoms with Crippen molar-refractivity contribution in [2.45, 2.75) is 45.1 Å². The van der Waals surface area contributed by atoms with E-state index in [9.17, 15) is 0 Å². The summed E-state index contributed by atoms with van der Waals surface area (Å²) in [6, 6.07) is 4.05. The summed E-state index contributed by atoms with van der Waals surface area (Å²) in [4.78, 5) is 0. The lowest BCUT2D eigenvalue weighted by molar-refractivity contribution is 0.327. The van der Waals surface area contributed by atoms with Crippen LogP contribution in [0.2, 0.25) is 10.0 Å². The molecular formula is C14H20Cl2N2. The van der Waals surface area contributed by atoms with E-state index in [2.05, 4.69) is 12.2 Å². The Bertz CT molecular complexity index is 421. The zero-order chi connectivity index (χ0) is 13.1. The van der Waals surface area contributed by atoms with Gasteiger partial charge in [0.15, 0.2) is 0 Å². The smallest absolute Gasteiger partial charge is 0.0614 e. The fourth-order valence-corrected chi connectivity index (χ4v) is 3.04. The lowest BCUT2D eigenvalue weighted by Gasteiger charge is -2.30. The first-order chi connectivity index (χ1) is 8.60. The van der Waals surface area contributed by atoms with E-state index in [4.69, 9.17) is 28.9 Å². The molecule has 0 saturated heterocycles. The molecule has 18 heavy (non-hydrogen) atoms. The van der Waals surface area contributed by atoms with Crippen molar-refractivity contribution in [2.24, 2.45) is 5.92 Å². The van der Waals surface area contributed by atoms with Gasteiger partial charge in [-0.3, -0.25) is 0 Å². The molecule has 1 aromatic rings. The molecule has 4 heteroatoms. The van der Waals surface area contributed by atoms with Gasteiger partial charge in [0.2, 0.25) is 0 Å². The third-order valence-corrected chi connectivity index (χ3v) is 4.53. The Morgan fingerprint density at radius 1 is 1.28 bits per heavy atom. The van der Waals surface area contributed by atoms with Crippen LogP contribution in [0.4, 0.5) is 11.4 Å². The van der Waals surface area contributed by atoms with Crippen LogP contribution >= 0.6 is 23.2 Å². The minimum absolute atomic E-state index is 0.503. The summed E-state index contributed by atoms with van der Waals surface area (Å²) in [5.74, 6) is 0.834. The van der Waals surface area contributed by atoms with Gasteiger partial charge in [0.1, 0.15) is 0 Å². The Hall–Kier alpha value is -0.600. The number of hydrogen-bond acceptors (Lipinski definition) is 2. The SMILES string of the molecule is CCC1CCCC(Nc2cc(Cl)c(Cl)cc2N)C1. The normalized spacial score (nSPS) is 23.9. The number of nitrogens with one attached hydrogen (secondary N) is 1. The fourth-order valence-electron chi connectivity index (χ4n) is 2.70. The number of nitrogen functional groups attached to an aromatic ring is 1. The molecule has 1 aromatic carbocycles. The van der Waals surface area contributed by atoms with Crippen molar-refractivity contribution in [3.8, 4) is 0 Å². The minimum Gasteiger partial charge on any atom is -0.397 e. The molecule has 2 rings (SSSR count). The average Bonchev–Trinajstić information content (AvgIpc) is 2.36. The predicted octanol–water partition coefficient (Wildman–Crippen LogP) is 4.96. The molecule has 0 bridgehead atoms. The topological polar surface area (TPSA) is 38.0 Å². The number of nitrogens with two attached hydrogens (primary N) is 1. The van der Waals surface area contributed by atoms with Crippen LogP contribution in [0, 0.1) is 5.92 Å². The van der Waals surface area contributed by atoms with Crippen molar-refractivity contribution >= 4 is 34.6 Å². The number of benzene rings is 1. The number of anilines is 2. The molecule has 1 aliphatic carbocycles. The average molecular weight is 287 g/mol. The molecule has 3 N–H and O–H groups in total. The van der Waals surface area contributed by atoms with Crippen molar-refractivity contribution in [2.75, 3.05) is 11.1 Å². The van der Waals surface area contributed by atoms with Crippen LogP contribution in [-0.2, 0) is 0 Å². The molecular weight excluding hydrogens is 267 g/mol.